The van der Waals surface area contributed by atoms with E-state index >= 15 is 0 Å². The highest BCUT2D eigenvalue weighted by molar-refractivity contribution is 6.36. The van der Waals surface area contributed by atoms with Gasteiger partial charge in [-0.15, -0.1) is 0 Å². The fraction of sp³-hybridized carbons (Fsp3) is 0.353. The summed E-state index contributed by atoms with van der Waals surface area (Å²) in [5.74, 6) is 0.679. The van der Waals surface area contributed by atoms with Crippen molar-refractivity contribution in [2.24, 2.45) is 0 Å². The van der Waals surface area contributed by atoms with E-state index in [1.165, 1.54) is 0 Å². The number of halogens is 2. The van der Waals surface area contributed by atoms with Crippen LogP contribution in [0.4, 0.5) is 5.82 Å². The third-order valence-corrected chi connectivity index (χ3v) is 5.04. The molecule has 1 aromatic heterocycles. The van der Waals surface area contributed by atoms with Crippen LogP contribution in [0.1, 0.15) is 29.8 Å². The average Bonchev–Trinajstić information content (AvgIpc) is 3.06. The molecule has 1 atom stereocenters. The molecular formula is C17H16Cl2N4O2. The predicted molar refractivity (Wildman–Crippen MR) is 96.3 cm³/mol. The maximum absolute atomic E-state index is 12.3. The van der Waals surface area contributed by atoms with E-state index in [2.05, 4.69) is 9.97 Å². The predicted octanol–water partition coefficient (Wildman–Crippen LogP) is 2.50. The van der Waals surface area contributed by atoms with Gasteiger partial charge in [-0.3, -0.25) is 4.79 Å². The monoisotopic (exact) mass is 378 g/mol. The number of nitriles is 1. The minimum Gasteiger partial charge on any atom is -0.394 e. The van der Waals surface area contributed by atoms with Gasteiger partial charge in [0.15, 0.2) is 11.4 Å². The summed E-state index contributed by atoms with van der Waals surface area (Å²) in [5.41, 5.74) is 0.105. The van der Waals surface area contributed by atoms with Crippen molar-refractivity contribution in [1.82, 2.24) is 9.97 Å². The lowest BCUT2D eigenvalue weighted by Crippen LogP contribution is -2.35. The standard InChI is InChI=1S/C17H16Cl2N4O2/c18-13-4-1-5-14(19)11(13)7-15-21-16(12(8-20)17(25)22-15)23-6-2-3-10(23)9-24/h1,4-5,10,24H,2-3,6-7,9H2,(H,21,22,25)/t10-/m0/s1. The number of benzene rings is 1. The first-order chi connectivity index (χ1) is 12.0. The lowest BCUT2D eigenvalue weighted by molar-refractivity contribution is 0.266. The van der Waals surface area contributed by atoms with Gasteiger partial charge in [-0.25, -0.2) is 4.98 Å². The summed E-state index contributed by atoms with van der Waals surface area (Å²) in [4.78, 5) is 21.3. The van der Waals surface area contributed by atoms with Gasteiger partial charge in [-0.05, 0) is 30.5 Å². The Morgan fingerprint density at radius 1 is 1.40 bits per heavy atom. The van der Waals surface area contributed by atoms with Crippen molar-refractivity contribution >= 4 is 29.0 Å². The van der Waals surface area contributed by atoms with Gasteiger partial charge in [0, 0.05) is 23.0 Å². The molecule has 2 N–H and O–H groups in total. The van der Waals surface area contributed by atoms with Crippen LogP contribution in [-0.4, -0.2) is 34.3 Å². The first-order valence-corrected chi connectivity index (χ1v) is 8.64. The van der Waals surface area contributed by atoms with Gasteiger partial charge >= 0.3 is 0 Å². The maximum Gasteiger partial charge on any atom is 0.271 e. The second-order valence-electron chi connectivity index (χ2n) is 5.87. The molecule has 130 valence electrons. The Balaban J connectivity index is 2.05. The van der Waals surface area contributed by atoms with Crippen LogP contribution < -0.4 is 10.5 Å². The molecule has 0 amide bonds. The molecule has 8 heteroatoms. The smallest absolute Gasteiger partial charge is 0.271 e. The molecule has 1 aromatic carbocycles. The van der Waals surface area contributed by atoms with Gasteiger partial charge in [0.2, 0.25) is 0 Å². The van der Waals surface area contributed by atoms with Crippen molar-refractivity contribution in [3.8, 4) is 6.07 Å². The Morgan fingerprint density at radius 2 is 2.12 bits per heavy atom. The van der Waals surface area contributed by atoms with E-state index in [1.807, 2.05) is 11.0 Å². The molecule has 0 spiro atoms. The van der Waals surface area contributed by atoms with E-state index in [0.29, 0.717) is 33.8 Å². The van der Waals surface area contributed by atoms with Crippen LogP contribution in [0.25, 0.3) is 0 Å². The summed E-state index contributed by atoms with van der Waals surface area (Å²) in [6.07, 6.45) is 1.90. The first kappa shape index (κ1) is 17.7. The fourth-order valence-electron chi connectivity index (χ4n) is 3.07. The minimum absolute atomic E-state index is 0.0469. The van der Waals surface area contributed by atoms with Gasteiger partial charge in [-0.1, -0.05) is 29.3 Å². The molecule has 1 aliphatic rings. The zero-order chi connectivity index (χ0) is 18.0. The highest BCUT2D eigenvalue weighted by Crippen LogP contribution is 2.28. The van der Waals surface area contributed by atoms with Crippen LogP contribution in [0.5, 0.6) is 0 Å². The van der Waals surface area contributed by atoms with Crippen LogP contribution in [0.2, 0.25) is 10.0 Å². The number of hydrogen-bond acceptors (Lipinski definition) is 5. The summed E-state index contributed by atoms with van der Waals surface area (Å²) in [7, 11) is 0. The number of aromatic amines is 1. The van der Waals surface area contributed by atoms with E-state index in [9.17, 15) is 15.2 Å². The quantitative estimate of drug-likeness (QED) is 0.852. The lowest BCUT2D eigenvalue weighted by atomic mass is 10.1. The van der Waals surface area contributed by atoms with Gasteiger partial charge < -0.3 is 15.0 Å². The van der Waals surface area contributed by atoms with Crippen LogP contribution >= 0.6 is 23.2 Å². The topological polar surface area (TPSA) is 93.0 Å². The number of nitrogens with zero attached hydrogens (tertiary/aromatic N) is 3. The van der Waals surface area contributed by atoms with E-state index in [-0.39, 0.29) is 24.6 Å². The summed E-state index contributed by atoms with van der Waals surface area (Å²) < 4.78 is 0. The zero-order valence-corrected chi connectivity index (χ0v) is 14.8. The molecule has 6 nitrogen and oxygen atoms in total. The molecule has 0 unspecified atom stereocenters. The van der Waals surface area contributed by atoms with Crippen molar-refractivity contribution < 1.29 is 5.11 Å². The molecule has 2 aromatic rings. The van der Waals surface area contributed by atoms with Crippen molar-refractivity contribution in [3.63, 3.8) is 0 Å². The Morgan fingerprint density at radius 3 is 2.76 bits per heavy atom. The number of aliphatic hydroxyl groups excluding tert-OH is 1. The molecule has 0 bridgehead atoms. The molecule has 2 heterocycles. The molecule has 1 saturated heterocycles. The molecule has 3 rings (SSSR count). The highest BCUT2D eigenvalue weighted by atomic mass is 35.5. The number of hydrogen-bond donors (Lipinski definition) is 2. The third-order valence-electron chi connectivity index (χ3n) is 4.33. The summed E-state index contributed by atoms with van der Waals surface area (Å²) in [6.45, 7) is 0.591. The lowest BCUT2D eigenvalue weighted by Gasteiger charge is -2.25. The number of aromatic nitrogens is 2. The van der Waals surface area contributed by atoms with Crippen molar-refractivity contribution in [1.29, 1.82) is 5.26 Å². The van der Waals surface area contributed by atoms with Crippen molar-refractivity contribution in [3.05, 3.63) is 55.5 Å². The SMILES string of the molecule is N#Cc1c(N2CCC[C@H]2CO)nc(Cc2c(Cl)cccc2Cl)[nH]c1=O. The third kappa shape index (κ3) is 3.49. The van der Waals surface area contributed by atoms with Gasteiger partial charge in [0.25, 0.3) is 5.56 Å². The Labute approximate surface area is 154 Å². The molecule has 1 aliphatic heterocycles. The first-order valence-electron chi connectivity index (χ1n) is 7.88. The number of aliphatic hydroxyl groups is 1. The molecule has 0 saturated carbocycles. The van der Waals surface area contributed by atoms with Gasteiger partial charge in [0.1, 0.15) is 11.9 Å². The number of H-pyrrole nitrogens is 1. The molecule has 1 fully saturated rings. The number of anilines is 1. The Hall–Kier alpha value is -2.07. The molecular weight excluding hydrogens is 363 g/mol. The average molecular weight is 379 g/mol. The largest absolute Gasteiger partial charge is 0.394 e. The summed E-state index contributed by atoms with van der Waals surface area (Å²) in [5, 5.41) is 19.8. The molecule has 25 heavy (non-hydrogen) atoms. The molecule has 0 radical (unpaired) electrons. The van der Waals surface area contributed by atoms with Crippen molar-refractivity contribution in [2.75, 3.05) is 18.1 Å². The fourth-order valence-corrected chi connectivity index (χ4v) is 3.60. The van der Waals surface area contributed by atoms with Crippen LogP contribution in [-0.2, 0) is 6.42 Å². The van der Waals surface area contributed by atoms with Crippen LogP contribution in [0.15, 0.2) is 23.0 Å². The van der Waals surface area contributed by atoms with E-state index in [1.54, 1.807) is 18.2 Å². The van der Waals surface area contributed by atoms with E-state index in [0.717, 1.165) is 12.8 Å². The summed E-state index contributed by atoms with van der Waals surface area (Å²) in [6, 6.07) is 6.95. The zero-order valence-electron chi connectivity index (χ0n) is 13.3. The van der Waals surface area contributed by atoms with Crippen LogP contribution in [0, 0.1) is 11.3 Å². The minimum atomic E-state index is -0.505. The normalized spacial score (nSPS) is 16.9. The highest BCUT2D eigenvalue weighted by Gasteiger charge is 2.28. The number of rotatable bonds is 4. The van der Waals surface area contributed by atoms with Crippen LogP contribution in [0.3, 0.4) is 0 Å². The summed E-state index contributed by atoms with van der Waals surface area (Å²) >= 11 is 12.4. The van der Waals surface area contributed by atoms with E-state index < -0.39 is 5.56 Å². The Kier molecular flexibility index (Phi) is 5.28. The second-order valence-corrected chi connectivity index (χ2v) is 6.69. The van der Waals surface area contributed by atoms with Gasteiger partial charge in [0.05, 0.1) is 12.6 Å². The maximum atomic E-state index is 12.3. The second kappa shape index (κ2) is 7.44. The molecule has 0 aliphatic carbocycles. The van der Waals surface area contributed by atoms with E-state index in [4.69, 9.17) is 23.2 Å². The Bertz CT molecular complexity index is 871. The van der Waals surface area contributed by atoms with Crippen molar-refractivity contribution in [2.45, 2.75) is 25.3 Å². The van der Waals surface area contributed by atoms with Gasteiger partial charge in [-0.2, -0.15) is 5.26 Å². The number of nitrogens with one attached hydrogen (secondary N) is 1.